The fraction of sp³-hybridized carbons (Fsp3) is 0.267. The third kappa shape index (κ3) is 3.54. The maximum atomic E-state index is 10.9. The second kappa shape index (κ2) is 6.14. The normalized spacial score (nSPS) is 10.3. The molecule has 0 unspecified atom stereocenters. The number of nitrogens with one attached hydrogen (secondary N) is 1. The number of aromatic nitrogens is 2. The summed E-state index contributed by atoms with van der Waals surface area (Å²) in [7, 11) is 0. The maximum absolute atomic E-state index is 10.9. The van der Waals surface area contributed by atoms with E-state index in [1.54, 1.807) is 24.4 Å². The molecule has 0 bridgehead atoms. The fourth-order valence-electron chi connectivity index (χ4n) is 1.89. The first-order valence-electron chi connectivity index (χ1n) is 6.42. The van der Waals surface area contributed by atoms with Crippen molar-refractivity contribution >= 4 is 11.8 Å². The van der Waals surface area contributed by atoms with E-state index in [9.17, 15) is 4.79 Å². The molecule has 0 aliphatic rings. The van der Waals surface area contributed by atoms with Gasteiger partial charge in [-0.15, -0.1) is 0 Å². The van der Waals surface area contributed by atoms with Crippen molar-refractivity contribution in [2.75, 3.05) is 11.9 Å². The average molecular weight is 271 g/mol. The first-order chi connectivity index (χ1) is 9.56. The second-order valence-electron chi connectivity index (χ2n) is 4.63. The van der Waals surface area contributed by atoms with Gasteiger partial charge in [0.05, 0.1) is 17.0 Å². The van der Waals surface area contributed by atoms with Crippen LogP contribution in [0.5, 0.6) is 0 Å². The van der Waals surface area contributed by atoms with Crippen molar-refractivity contribution < 1.29 is 9.90 Å². The Hall–Kier alpha value is -2.43. The van der Waals surface area contributed by atoms with Crippen LogP contribution in [0.15, 0.2) is 30.5 Å². The highest BCUT2D eigenvalue weighted by Crippen LogP contribution is 2.10. The van der Waals surface area contributed by atoms with Crippen LogP contribution in [0.1, 0.15) is 27.3 Å². The first-order valence-corrected chi connectivity index (χ1v) is 6.42. The lowest BCUT2D eigenvalue weighted by molar-refractivity contribution is 0.0697. The summed E-state index contributed by atoms with van der Waals surface area (Å²) in [5, 5.41) is 12.2. The highest BCUT2D eigenvalue weighted by Gasteiger charge is 2.04. The maximum Gasteiger partial charge on any atom is 0.335 e. The summed E-state index contributed by atoms with van der Waals surface area (Å²) in [5.74, 6) is -0.125. The Balaban J connectivity index is 1.97. The molecule has 2 rings (SSSR count). The Morgan fingerprint density at radius 1 is 1.35 bits per heavy atom. The zero-order chi connectivity index (χ0) is 14.5. The molecule has 2 aromatic rings. The van der Waals surface area contributed by atoms with Gasteiger partial charge in [-0.3, -0.25) is 4.98 Å². The summed E-state index contributed by atoms with van der Waals surface area (Å²) in [6, 6.07) is 6.97. The van der Waals surface area contributed by atoms with Crippen molar-refractivity contribution in [3.05, 3.63) is 53.0 Å². The van der Waals surface area contributed by atoms with Crippen LogP contribution in [0.25, 0.3) is 0 Å². The second-order valence-corrected chi connectivity index (χ2v) is 4.63. The Labute approximate surface area is 117 Å². The van der Waals surface area contributed by atoms with E-state index >= 15 is 0 Å². The molecule has 0 saturated heterocycles. The molecule has 1 heterocycles. The lowest BCUT2D eigenvalue weighted by Gasteiger charge is -2.09. The van der Waals surface area contributed by atoms with E-state index in [0.29, 0.717) is 12.1 Å². The molecule has 0 amide bonds. The van der Waals surface area contributed by atoms with Gasteiger partial charge in [0, 0.05) is 12.7 Å². The largest absolute Gasteiger partial charge is 0.478 e. The van der Waals surface area contributed by atoms with Crippen LogP contribution in [-0.4, -0.2) is 27.6 Å². The van der Waals surface area contributed by atoms with Gasteiger partial charge < -0.3 is 10.4 Å². The molecule has 0 radical (unpaired) electrons. The van der Waals surface area contributed by atoms with E-state index in [-0.39, 0.29) is 0 Å². The molecule has 0 atom stereocenters. The lowest BCUT2D eigenvalue weighted by atomic mass is 10.1. The lowest BCUT2D eigenvalue weighted by Crippen LogP contribution is -2.09. The van der Waals surface area contributed by atoms with Gasteiger partial charge in [0.25, 0.3) is 0 Å². The fourth-order valence-corrected chi connectivity index (χ4v) is 1.89. The Bertz CT molecular complexity index is 626. The van der Waals surface area contributed by atoms with Gasteiger partial charge in [-0.1, -0.05) is 12.1 Å². The average Bonchev–Trinajstić information content (AvgIpc) is 2.43. The highest BCUT2D eigenvalue weighted by atomic mass is 16.4. The minimum Gasteiger partial charge on any atom is -0.478 e. The van der Waals surface area contributed by atoms with E-state index in [2.05, 4.69) is 15.3 Å². The van der Waals surface area contributed by atoms with Gasteiger partial charge in [0.15, 0.2) is 0 Å². The molecule has 5 heteroatoms. The number of nitrogens with zero attached hydrogens (tertiary/aromatic N) is 2. The van der Waals surface area contributed by atoms with Crippen molar-refractivity contribution in [2.45, 2.75) is 20.3 Å². The standard InChI is InChI=1S/C15H17N3O2/c1-10-9-17-11(2)14(18-10)16-7-6-12-4-3-5-13(8-12)15(19)20/h3-5,8-9H,6-7H2,1-2H3,(H,16,18)(H,19,20). The first kappa shape index (κ1) is 14.0. The quantitative estimate of drug-likeness (QED) is 0.873. The number of aromatic carboxylic acids is 1. The van der Waals surface area contributed by atoms with Gasteiger partial charge >= 0.3 is 5.97 Å². The number of carboxylic acids is 1. The number of benzene rings is 1. The molecule has 5 nitrogen and oxygen atoms in total. The smallest absolute Gasteiger partial charge is 0.335 e. The summed E-state index contributed by atoms with van der Waals surface area (Å²) in [4.78, 5) is 19.5. The van der Waals surface area contributed by atoms with Crippen molar-refractivity contribution in [3.8, 4) is 0 Å². The summed E-state index contributed by atoms with van der Waals surface area (Å²) >= 11 is 0. The summed E-state index contributed by atoms with van der Waals surface area (Å²) in [6.45, 7) is 4.48. The van der Waals surface area contributed by atoms with Gasteiger partial charge in [-0.2, -0.15) is 0 Å². The molecule has 0 aliphatic carbocycles. The van der Waals surface area contributed by atoms with Crippen LogP contribution < -0.4 is 5.32 Å². The topological polar surface area (TPSA) is 75.1 Å². The number of hydrogen-bond acceptors (Lipinski definition) is 4. The third-order valence-corrected chi connectivity index (χ3v) is 2.96. The van der Waals surface area contributed by atoms with Gasteiger partial charge in [0.1, 0.15) is 5.82 Å². The molecular formula is C15H17N3O2. The summed E-state index contributed by atoms with van der Waals surface area (Å²) < 4.78 is 0. The van der Waals surface area contributed by atoms with E-state index in [1.807, 2.05) is 19.9 Å². The van der Waals surface area contributed by atoms with Crippen LogP contribution in [0.4, 0.5) is 5.82 Å². The van der Waals surface area contributed by atoms with E-state index in [0.717, 1.165) is 29.2 Å². The Kier molecular flexibility index (Phi) is 4.30. The predicted molar refractivity (Wildman–Crippen MR) is 77.1 cm³/mol. The SMILES string of the molecule is Cc1cnc(C)c(NCCc2cccc(C(=O)O)c2)n1. The van der Waals surface area contributed by atoms with Gasteiger partial charge in [-0.25, -0.2) is 9.78 Å². The predicted octanol–water partition coefficient (Wildman–Crippen LogP) is 2.45. The van der Waals surface area contributed by atoms with Gasteiger partial charge in [0.2, 0.25) is 0 Å². The molecule has 2 N–H and O–H groups in total. The van der Waals surface area contributed by atoms with E-state index < -0.39 is 5.97 Å². The van der Waals surface area contributed by atoms with Crippen molar-refractivity contribution in [1.82, 2.24) is 9.97 Å². The molecule has 0 spiro atoms. The molecule has 104 valence electrons. The summed E-state index contributed by atoms with van der Waals surface area (Å²) in [6.07, 6.45) is 2.47. The zero-order valence-corrected chi connectivity index (χ0v) is 11.6. The molecular weight excluding hydrogens is 254 g/mol. The summed E-state index contributed by atoms with van der Waals surface area (Å²) in [5.41, 5.74) is 3.02. The molecule has 0 fully saturated rings. The van der Waals surface area contributed by atoms with Crippen molar-refractivity contribution in [3.63, 3.8) is 0 Å². The van der Waals surface area contributed by atoms with Crippen molar-refractivity contribution in [2.24, 2.45) is 0 Å². The number of carboxylic acid groups (broad SMARTS) is 1. The van der Waals surface area contributed by atoms with Crippen LogP contribution in [0.3, 0.4) is 0 Å². The molecule has 1 aromatic heterocycles. The molecule has 1 aromatic carbocycles. The minimum absolute atomic E-state index is 0.314. The molecule has 0 saturated carbocycles. The van der Waals surface area contributed by atoms with E-state index in [4.69, 9.17) is 5.11 Å². The van der Waals surface area contributed by atoms with Crippen LogP contribution in [0, 0.1) is 13.8 Å². The number of carbonyl (C=O) groups is 1. The number of anilines is 1. The van der Waals surface area contributed by atoms with Gasteiger partial charge in [-0.05, 0) is 38.0 Å². The van der Waals surface area contributed by atoms with Crippen LogP contribution in [0.2, 0.25) is 0 Å². The monoisotopic (exact) mass is 271 g/mol. The van der Waals surface area contributed by atoms with E-state index in [1.165, 1.54) is 0 Å². The minimum atomic E-state index is -0.903. The number of hydrogen-bond donors (Lipinski definition) is 2. The molecule has 0 aliphatic heterocycles. The highest BCUT2D eigenvalue weighted by molar-refractivity contribution is 5.87. The van der Waals surface area contributed by atoms with Crippen LogP contribution in [-0.2, 0) is 6.42 Å². The molecule has 20 heavy (non-hydrogen) atoms. The van der Waals surface area contributed by atoms with Crippen LogP contribution >= 0.6 is 0 Å². The third-order valence-electron chi connectivity index (χ3n) is 2.96. The zero-order valence-electron chi connectivity index (χ0n) is 11.6. The number of aryl methyl sites for hydroxylation is 2. The Morgan fingerprint density at radius 3 is 2.90 bits per heavy atom. The Morgan fingerprint density at radius 2 is 2.15 bits per heavy atom. The van der Waals surface area contributed by atoms with Crippen molar-refractivity contribution in [1.29, 1.82) is 0 Å². The number of rotatable bonds is 5.